The molecular weight excluding hydrogens is 426 g/mol. The monoisotopic (exact) mass is 445 g/mol. The van der Waals surface area contributed by atoms with Crippen LogP contribution in [-0.2, 0) is 16.0 Å². The summed E-state index contributed by atoms with van der Waals surface area (Å²) in [5, 5.41) is 0. The number of rotatable bonds is 0. The first-order valence-electron chi connectivity index (χ1n) is 7.54. The Labute approximate surface area is 154 Å². The van der Waals surface area contributed by atoms with Gasteiger partial charge in [0.2, 0.25) is 11.8 Å². The number of hydrogen-bond donors (Lipinski definition) is 0. The van der Waals surface area contributed by atoms with Crippen LogP contribution in [0.2, 0.25) is 0 Å². The third-order valence-electron chi connectivity index (χ3n) is 4.26. The summed E-state index contributed by atoms with van der Waals surface area (Å²) >= 11 is 6.47. The molecule has 0 aromatic heterocycles. The van der Waals surface area contributed by atoms with Crippen molar-refractivity contribution in [2.75, 3.05) is 0 Å². The van der Waals surface area contributed by atoms with Crippen LogP contribution in [0.1, 0.15) is 48.9 Å². The molecule has 0 radical (unpaired) electrons. The highest BCUT2D eigenvalue weighted by Crippen LogP contribution is 2.43. The molecule has 6 heteroatoms. The van der Waals surface area contributed by atoms with Crippen molar-refractivity contribution in [3.05, 3.63) is 26.7 Å². The van der Waals surface area contributed by atoms with E-state index in [0.717, 1.165) is 16.1 Å². The first kappa shape index (κ1) is 18.5. The molecule has 2 amide bonds. The predicted octanol–water partition coefficient (Wildman–Crippen LogP) is 4.53. The van der Waals surface area contributed by atoms with Gasteiger partial charge in [0, 0.05) is 29.3 Å². The molecule has 0 N–H and O–H groups in total. The number of benzene rings is 1. The van der Waals surface area contributed by atoms with E-state index in [1.807, 2.05) is 0 Å². The third-order valence-corrected chi connectivity index (χ3v) is 6.24. The van der Waals surface area contributed by atoms with Crippen molar-refractivity contribution >= 4 is 43.9 Å². The smallest absolute Gasteiger partial charge is 0.239 e. The molecule has 23 heavy (non-hydrogen) atoms. The predicted molar refractivity (Wildman–Crippen MR) is 96.8 cm³/mol. The number of ether oxygens (including phenoxy) is 1. The number of hydrogen-bond acceptors (Lipinski definition) is 3. The molecule has 126 valence electrons. The Morgan fingerprint density at radius 3 is 1.96 bits per heavy atom. The number of imide groups is 1. The molecule has 1 fully saturated rings. The Balaban J connectivity index is 0.000000203. The second-order valence-electron chi connectivity index (χ2n) is 6.60. The van der Waals surface area contributed by atoms with Crippen LogP contribution < -0.4 is 4.74 Å². The average molecular weight is 447 g/mol. The highest BCUT2D eigenvalue weighted by molar-refractivity contribution is 9.10. The van der Waals surface area contributed by atoms with Crippen LogP contribution in [0.4, 0.5) is 0 Å². The lowest BCUT2D eigenvalue weighted by atomic mass is 9.94. The summed E-state index contributed by atoms with van der Waals surface area (Å²) in [7, 11) is 0. The molecule has 4 nitrogen and oxygen atoms in total. The molecule has 0 atom stereocenters. The summed E-state index contributed by atoms with van der Waals surface area (Å²) in [5.41, 5.74) is 5.22. The van der Waals surface area contributed by atoms with Gasteiger partial charge in [-0.1, -0.05) is 15.9 Å². The van der Waals surface area contributed by atoms with Gasteiger partial charge < -0.3 is 4.74 Å². The summed E-state index contributed by atoms with van der Waals surface area (Å²) in [6.07, 6.45) is 1.71. The molecule has 0 saturated carbocycles. The molecule has 0 spiro atoms. The fourth-order valence-corrected chi connectivity index (χ4v) is 3.67. The van der Waals surface area contributed by atoms with Gasteiger partial charge in [0.25, 0.3) is 0 Å². The van der Waals surface area contributed by atoms with Crippen molar-refractivity contribution in [3.8, 4) is 5.75 Å². The molecule has 1 aromatic rings. The van der Waals surface area contributed by atoms with Crippen molar-refractivity contribution in [1.29, 1.82) is 0 Å². The van der Waals surface area contributed by atoms with Crippen molar-refractivity contribution < 1.29 is 14.3 Å². The van der Waals surface area contributed by atoms with Crippen LogP contribution >= 0.6 is 32.1 Å². The number of fused-ring (bicyclic) bond motifs is 1. The van der Waals surface area contributed by atoms with Gasteiger partial charge in [0.1, 0.15) is 11.4 Å². The van der Waals surface area contributed by atoms with E-state index in [9.17, 15) is 9.59 Å². The van der Waals surface area contributed by atoms with E-state index >= 15 is 0 Å². The molecule has 2 aliphatic rings. The molecule has 0 unspecified atom stereocenters. The van der Waals surface area contributed by atoms with E-state index in [1.165, 1.54) is 26.7 Å². The Bertz CT molecular complexity index is 628. The molecule has 3 rings (SSSR count). The van der Waals surface area contributed by atoms with Gasteiger partial charge in [0.05, 0.1) is 16.1 Å². The van der Waals surface area contributed by atoms with E-state index in [1.54, 1.807) is 0 Å². The quantitative estimate of drug-likeness (QED) is 0.434. The van der Waals surface area contributed by atoms with Crippen LogP contribution in [0.5, 0.6) is 5.75 Å². The lowest BCUT2D eigenvalue weighted by Crippen LogP contribution is -2.24. The Kier molecular flexibility index (Phi) is 5.26. The topological polar surface area (TPSA) is 46.6 Å². The highest BCUT2D eigenvalue weighted by atomic mass is 79.9. The number of halogens is 2. The normalized spacial score (nSPS) is 18.5. The van der Waals surface area contributed by atoms with Crippen molar-refractivity contribution in [2.24, 2.45) is 0 Å². The average Bonchev–Trinajstić information content (AvgIpc) is 2.97. The summed E-state index contributed by atoms with van der Waals surface area (Å²) in [6, 6.07) is 0. The fourth-order valence-electron chi connectivity index (χ4n) is 2.78. The van der Waals surface area contributed by atoms with E-state index in [-0.39, 0.29) is 17.4 Å². The van der Waals surface area contributed by atoms with E-state index in [4.69, 9.17) is 4.74 Å². The van der Waals surface area contributed by atoms with Crippen LogP contribution in [0, 0.1) is 20.8 Å². The molecular formula is C17H21Br2NO3. The fraction of sp³-hybridized carbons (Fsp3) is 0.529. The number of amides is 2. The maximum absolute atomic E-state index is 10.4. The molecule has 1 saturated heterocycles. The summed E-state index contributed by atoms with van der Waals surface area (Å²) in [5.74, 6) is 0.822. The third kappa shape index (κ3) is 3.63. The molecule has 1 aromatic carbocycles. The van der Waals surface area contributed by atoms with Gasteiger partial charge in [-0.15, -0.1) is 0 Å². The molecule has 2 aliphatic heterocycles. The zero-order valence-electron chi connectivity index (χ0n) is 14.0. The number of carbonyl (C=O) groups is 2. The van der Waals surface area contributed by atoms with Crippen molar-refractivity contribution in [2.45, 2.75) is 59.5 Å². The first-order chi connectivity index (χ1) is 10.5. The van der Waals surface area contributed by atoms with Gasteiger partial charge in [-0.3, -0.25) is 9.59 Å². The molecule has 2 heterocycles. The zero-order valence-corrected chi connectivity index (χ0v) is 17.2. The van der Waals surface area contributed by atoms with Gasteiger partial charge in [-0.05, 0) is 51.3 Å². The lowest BCUT2D eigenvalue weighted by Gasteiger charge is -2.18. The number of carbonyl (C=O) groups excluding carboxylic acids is 2. The maximum atomic E-state index is 10.4. The second kappa shape index (κ2) is 6.55. The number of nitrogens with zero attached hydrogens (tertiary/aromatic N) is 1. The molecule has 0 aliphatic carbocycles. The Morgan fingerprint density at radius 2 is 1.52 bits per heavy atom. The van der Waals surface area contributed by atoms with Crippen LogP contribution in [0.3, 0.4) is 0 Å². The van der Waals surface area contributed by atoms with Crippen LogP contribution in [-0.4, -0.2) is 21.3 Å². The highest BCUT2D eigenvalue weighted by Gasteiger charge is 2.33. The maximum Gasteiger partial charge on any atom is 0.239 e. The van der Waals surface area contributed by atoms with E-state index in [2.05, 4.69) is 66.7 Å². The molecule has 0 bridgehead atoms. The van der Waals surface area contributed by atoms with Crippen molar-refractivity contribution in [3.63, 3.8) is 0 Å². The minimum atomic E-state index is -0.144. The summed E-state index contributed by atoms with van der Waals surface area (Å²) in [6.45, 7) is 10.7. The Hall–Kier alpha value is -0.880. The van der Waals surface area contributed by atoms with Crippen LogP contribution in [0.25, 0.3) is 0 Å². The van der Waals surface area contributed by atoms with E-state index < -0.39 is 0 Å². The van der Waals surface area contributed by atoms with Gasteiger partial charge in [0.15, 0.2) is 0 Å². The van der Waals surface area contributed by atoms with Crippen molar-refractivity contribution in [1.82, 2.24) is 3.93 Å². The SMILES string of the molecule is Cc1c(C)c2c(c(C)c1Br)CC(C)(C)O2.O=C1CCC(=O)N1Br. The van der Waals surface area contributed by atoms with Crippen LogP contribution in [0.15, 0.2) is 4.47 Å². The zero-order chi connectivity index (χ0) is 17.5. The van der Waals surface area contributed by atoms with Gasteiger partial charge in [-0.2, -0.15) is 0 Å². The first-order valence-corrected chi connectivity index (χ1v) is 9.04. The largest absolute Gasteiger partial charge is 0.487 e. The van der Waals surface area contributed by atoms with Gasteiger partial charge in [-0.25, -0.2) is 3.93 Å². The Morgan fingerprint density at radius 1 is 1.00 bits per heavy atom. The summed E-state index contributed by atoms with van der Waals surface area (Å²) in [4.78, 5) is 20.9. The summed E-state index contributed by atoms with van der Waals surface area (Å²) < 4.78 is 8.24. The minimum Gasteiger partial charge on any atom is -0.487 e. The standard InChI is InChI=1S/C13H17BrO.C4H4BrNO2/c1-7-8(2)12-10(9(3)11(7)14)6-13(4,5)15-12;5-6-3(7)1-2-4(6)8/h6H2,1-5H3;1-2H2. The van der Waals surface area contributed by atoms with Gasteiger partial charge >= 0.3 is 0 Å². The minimum absolute atomic E-state index is 0.0505. The second-order valence-corrected chi connectivity index (χ2v) is 8.11. The van der Waals surface area contributed by atoms with E-state index in [0.29, 0.717) is 12.8 Å². The lowest BCUT2D eigenvalue weighted by molar-refractivity contribution is -0.131.